The molecule has 14 heavy (non-hydrogen) atoms. The first-order chi connectivity index (χ1) is 6.74. The Balaban J connectivity index is 2.52. The summed E-state index contributed by atoms with van der Waals surface area (Å²) >= 11 is 0. The zero-order valence-electron chi connectivity index (χ0n) is 8.54. The molecule has 0 fully saturated rings. The van der Waals surface area contributed by atoms with E-state index < -0.39 is 0 Å². The molecule has 1 aromatic rings. The molecule has 0 saturated heterocycles. The number of para-hydroxylation sites is 1. The molecule has 0 aliphatic heterocycles. The van der Waals surface area contributed by atoms with Crippen molar-refractivity contribution in [1.29, 1.82) is 0 Å². The van der Waals surface area contributed by atoms with E-state index in [1.807, 2.05) is 32.0 Å². The molecule has 0 aliphatic rings. The fourth-order valence-electron chi connectivity index (χ4n) is 1.06. The predicted molar refractivity (Wildman–Crippen MR) is 55.4 cm³/mol. The van der Waals surface area contributed by atoms with Gasteiger partial charge in [0.2, 0.25) is 0 Å². The Morgan fingerprint density at radius 2 is 2.14 bits per heavy atom. The van der Waals surface area contributed by atoms with E-state index in [1.165, 1.54) is 0 Å². The molecule has 1 aromatic carbocycles. The Labute approximate surface area is 84.1 Å². The van der Waals surface area contributed by atoms with E-state index in [0.29, 0.717) is 5.75 Å². The molecule has 0 heterocycles. The highest BCUT2D eigenvalue weighted by Gasteiger charge is 2.04. The summed E-state index contributed by atoms with van der Waals surface area (Å²) in [7, 11) is 0. The minimum Gasteiger partial charge on any atom is -0.425 e. The third-order valence-corrected chi connectivity index (χ3v) is 1.84. The van der Waals surface area contributed by atoms with Crippen LogP contribution in [0.5, 0.6) is 5.75 Å². The van der Waals surface area contributed by atoms with Crippen molar-refractivity contribution in [3.63, 3.8) is 0 Å². The molecule has 1 rings (SSSR count). The lowest BCUT2D eigenvalue weighted by Crippen LogP contribution is -2.26. The molecule has 0 aliphatic carbocycles. The first-order valence-corrected chi connectivity index (χ1v) is 4.71. The second-order valence-electron chi connectivity index (χ2n) is 3.02. The fraction of sp³-hybridized carbons (Fsp3) is 0.364. The van der Waals surface area contributed by atoms with Crippen LogP contribution < -0.4 is 10.1 Å². The number of likely N-dealkylation sites (N-methyl/N-ethyl adjacent to an activating group) is 1. The Morgan fingerprint density at radius 1 is 1.43 bits per heavy atom. The topological polar surface area (TPSA) is 38.3 Å². The maximum absolute atomic E-state index is 11.2. The van der Waals surface area contributed by atoms with Gasteiger partial charge >= 0.3 is 5.97 Å². The van der Waals surface area contributed by atoms with Crippen LogP contribution in [0.3, 0.4) is 0 Å². The van der Waals surface area contributed by atoms with Crippen molar-refractivity contribution in [1.82, 2.24) is 5.32 Å². The Kier molecular flexibility index (Phi) is 4.13. The lowest BCUT2D eigenvalue weighted by atomic mass is 10.2. The molecule has 0 aromatic heterocycles. The Hall–Kier alpha value is -1.35. The van der Waals surface area contributed by atoms with Gasteiger partial charge in [-0.15, -0.1) is 0 Å². The summed E-state index contributed by atoms with van der Waals surface area (Å²) < 4.78 is 5.15. The van der Waals surface area contributed by atoms with Gasteiger partial charge in [-0.1, -0.05) is 25.1 Å². The molecule has 0 radical (unpaired) electrons. The van der Waals surface area contributed by atoms with Crippen molar-refractivity contribution in [2.24, 2.45) is 0 Å². The van der Waals surface area contributed by atoms with Crippen molar-refractivity contribution in [3.8, 4) is 5.75 Å². The number of benzene rings is 1. The lowest BCUT2D eigenvalue weighted by Gasteiger charge is -2.06. The monoisotopic (exact) mass is 193 g/mol. The van der Waals surface area contributed by atoms with Gasteiger partial charge in [0, 0.05) is 0 Å². The number of esters is 1. The van der Waals surface area contributed by atoms with Crippen LogP contribution in [0.15, 0.2) is 24.3 Å². The van der Waals surface area contributed by atoms with Crippen LogP contribution in [0, 0.1) is 6.92 Å². The van der Waals surface area contributed by atoms with E-state index in [2.05, 4.69) is 5.32 Å². The molecule has 0 spiro atoms. The highest BCUT2D eigenvalue weighted by atomic mass is 16.5. The SMILES string of the molecule is CCNCC(=O)Oc1ccccc1C. The number of carbonyl (C=O) groups excluding carboxylic acids is 1. The number of hydrogen-bond acceptors (Lipinski definition) is 3. The average molecular weight is 193 g/mol. The molecule has 1 N–H and O–H groups in total. The van der Waals surface area contributed by atoms with Crippen molar-refractivity contribution in [2.75, 3.05) is 13.1 Å². The van der Waals surface area contributed by atoms with E-state index in [4.69, 9.17) is 4.74 Å². The first kappa shape index (κ1) is 10.7. The van der Waals surface area contributed by atoms with Gasteiger partial charge in [0.1, 0.15) is 5.75 Å². The molecule has 0 bridgehead atoms. The standard InChI is InChI=1S/C11H15NO2/c1-3-12-8-11(13)14-10-7-5-4-6-9(10)2/h4-7,12H,3,8H2,1-2H3. The van der Waals surface area contributed by atoms with Gasteiger partial charge in [-0.25, -0.2) is 0 Å². The summed E-state index contributed by atoms with van der Waals surface area (Å²) in [6, 6.07) is 7.47. The third kappa shape index (κ3) is 3.18. The van der Waals surface area contributed by atoms with E-state index in [1.54, 1.807) is 6.07 Å². The van der Waals surface area contributed by atoms with Crippen molar-refractivity contribution < 1.29 is 9.53 Å². The van der Waals surface area contributed by atoms with Gasteiger partial charge in [-0.2, -0.15) is 0 Å². The van der Waals surface area contributed by atoms with Gasteiger partial charge in [0.15, 0.2) is 0 Å². The van der Waals surface area contributed by atoms with E-state index in [-0.39, 0.29) is 12.5 Å². The van der Waals surface area contributed by atoms with Crippen LogP contribution in [0.25, 0.3) is 0 Å². The van der Waals surface area contributed by atoms with E-state index in [0.717, 1.165) is 12.1 Å². The number of carbonyl (C=O) groups is 1. The smallest absolute Gasteiger partial charge is 0.325 e. The molecule has 3 nitrogen and oxygen atoms in total. The maximum atomic E-state index is 11.2. The van der Waals surface area contributed by atoms with E-state index >= 15 is 0 Å². The molecule has 3 heteroatoms. The molecule has 76 valence electrons. The van der Waals surface area contributed by atoms with Crippen LogP contribution >= 0.6 is 0 Å². The predicted octanol–water partition coefficient (Wildman–Crippen LogP) is 1.51. The maximum Gasteiger partial charge on any atom is 0.325 e. The number of aryl methyl sites for hydroxylation is 1. The lowest BCUT2D eigenvalue weighted by molar-refractivity contribution is -0.133. The van der Waals surface area contributed by atoms with E-state index in [9.17, 15) is 4.79 Å². The quantitative estimate of drug-likeness (QED) is 0.582. The van der Waals surface area contributed by atoms with Gasteiger partial charge in [-0.05, 0) is 25.1 Å². The third-order valence-electron chi connectivity index (χ3n) is 1.84. The van der Waals surface area contributed by atoms with Crippen LogP contribution in [0.4, 0.5) is 0 Å². The highest BCUT2D eigenvalue weighted by molar-refractivity contribution is 5.74. The molecule has 0 unspecified atom stereocenters. The Morgan fingerprint density at radius 3 is 2.79 bits per heavy atom. The summed E-state index contributed by atoms with van der Waals surface area (Å²) in [6.45, 7) is 4.88. The molecule has 0 atom stereocenters. The number of nitrogens with one attached hydrogen (secondary N) is 1. The van der Waals surface area contributed by atoms with Crippen LogP contribution in [0.1, 0.15) is 12.5 Å². The first-order valence-electron chi connectivity index (χ1n) is 4.71. The summed E-state index contributed by atoms with van der Waals surface area (Å²) in [5.41, 5.74) is 0.970. The Bertz CT molecular complexity index is 310. The summed E-state index contributed by atoms with van der Waals surface area (Å²) in [6.07, 6.45) is 0. The number of hydrogen-bond donors (Lipinski definition) is 1. The normalized spacial score (nSPS) is 9.86. The number of rotatable bonds is 4. The van der Waals surface area contributed by atoms with Gasteiger partial charge in [-0.3, -0.25) is 4.79 Å². The van der Waals surface area contributed by atoms with Gasteiger partial charge in [0.25, 0.3) is 0 Å². The largest absolute Gasteiger partial charge is 0.425 e. The van der Waals surface area contributed by atoms with Gasteiger partial charge < -0.3 is 10.1 Å². The minimum absolute atomic E-state index is 0.249. The summed E-state index contributed by atoms with van der Waals surface area (Å²) in [4.78, 5) is 11.2. The van der Waals surface area contributed by atoms with Crippen LogP contribution in [-0.4, -0.2) is 19.1 Å². The number of ether oxygens (including phenoxy) is 1. The second kappa shape index (κ2) is 5.40. The molecule has 0 saturated carbocycles. The zero-order valence-corrected chi connectivity index (χ0v) is 8.54. The van der Waals surface area contributed by atoms with Crippen LogP contribution in [-0.2, 0) is 4.79 Å². The summed E-state index contributed by atoms with van der Waals surface area (Å²) in [5.74, 6) is 0.386. The van der Waals surface area contributed by atoms with Crippen molar-refractivity contribution in [3.05, 3.63) is 29.8 Å². The second-order valence-corrected chi connectivity index (χ2v) is 3.02. The van der Waals surface area contributed by atoms with Crippen molar-refractivity contribution in [2.45, 2.75) is 13.8 Å². The minimum atomic E-state index is -0.249. The zero-order chi connectivity index (χ0) is 10.4. The fourth-order valence-corrected chi connectivity index (χ4v) is 1.06. The van der Waals surface area contributed by atoms with Crippen LogP contribution in [0.2, 0.25) is 0 Å². The molecule has 0 amide bonds. The molecular weight excluding hydrogens is 178 g/mol. The molecular formula is C11H15NO2. The summed E-state index contributed by atoms with van der Waals surface area (Å²) in [5, 5.41) is 2.91. The average Bonchev–Trinajstić information content (AvgIpc) is 2.18. The highest BCUT2D eigenvalue weighted by Crippen LogP contribution is 2.15. The van der Waals surface area contributed by atoms with Crippen molar-refractivity contribution >= 4 is 5.97 Å². The van der Waals surface area contributed by atoms with Gasteiger partial charge in [0.05, 0.1) is 6.54 Å².